The van der Waals surface area contributed by atoms with E-state index in [-0.39, 0.29) is 11.5 Å². The molecule has 0 amide bonds. The second kappa shape index (κ2) is 5.35. The Labute approximate surface area is 76.9 Å². The molecule has 0 aromatic carbocycles. The molecule has 0 saturated carbocycles. The molecule has 2 N–H and O–H groups in total. The Balaban J connectivity index is 4.78. The molecule has 0 aliphatic heterocycles. The van der Waals surface area contributed by atoms with Gasteiger partial charge in [0.25, 0.3) is 0 Å². The summed E-state index contributed by atoms with van der Waals surface area (Å²) in [5.74, 6) is -2.52. The third-order valence-corrected chi connectivity index (χ3v) is 1.95. The Bertz CT molecular complexity index is 226. The lowest BCUT2D eigenvalue weighted by Crippen LogP contribution is -2.13. The van der Waals surface area contributed by atoms with E-state index < -0.39 is 11.9 Å². The minimum atomic E-state index is -1.20. The third-order valence-electron chi connectivity index (χ3n) is 1.95. The molecule has 0 atom stereocenters. The van der Waals surface area contributed by atoms with E-state index in [9.17, 15) is 9.59 Å². The maximum atomic E-state index is 10.7. The average molecular weight is 186 g/mol. The van der Waals surface area contributed by atoms with Crippen LogP contribution in [0.25, 0.3) is 0 Å². The zero-order chi connectivity index (χ0) is 10.4. The fourth-order valence-corrected chi connectivity index (χ4v) is 1.22. The van der Waals surface area contributed by atoms with Gasteiger partial charge in [0.2, 0.25) is 0 Å². The Morgan fingerprint density at radius 3 is 1.92 bits per heavy atom. The molecule has 0 radical (unpaired) electrons. The second-order valence-electron chi connectivity index (χ2n) is 2.76. The molecule has 0 spiro atoms. The van der Waals surface area contributed by atoms with E-state index in [1.54, 1.807) is 0 Å². The zero-order valence-electron chi connectivity index (χ0n) is 7.78. The average Bonchev–Trinajstić information content (AvgIpc) is 2.04. The SMILES string of the molecule is CCC(CC)C(=CC(=O)O)C(=O)O. The number of hydrogen-bond donors (Lipinski definition) is 2. The van der Waals surface area contributed by atoms with Gasteiger partial charge in [-0.2, -0.15) is 0 Å². The maximum absolute atomic E-state index is 10.7. The Kier molecular flexibility index (Phi) is 4.80. The van der Waals surface area contributed by atoms with Crippen molar-refractivity contribution in [2.45, 2.75) is 26.7 Å². The van der Waals surface area contributed by atoms with E-state index in [1.807, 2.05) is 13.8 Å². The van der Waals surface area contributed by atoms with Gasteiger partial charge in [-0.25, -0.2) is 9.59 Å². The molecule has 0 heterocycles. The molecule has 4 nitrogen and oxygen atoms in total. The van der Waals surface area contributed by atoms with Gasteiger partial charge in [0.1, 0.15) is 0 Å². The van der Waals surface area contributed by atoms with Crippen LogP contribution >= 0.6 is 0 Å². The fourth-order valence-electron chi connectivity index (χ4n) is 1.22. The molecule has 0 aromatic heterocycles. The minimum absolute atomic E-state index is 0.0162. The molecule has 0 aromatic rings. The summed E-state index contributed by atoms with van der Waals surface area (Å²) in [6.45, 7) is 3.68. The quantitative estimate of drug-likeness (QED) is 0.638. The van der Waals surface area contributed by atoms with Crippen LogP contribution in [0.5, 0.6) is 0 Å². The Morgan fingerprint density at radius 2 is 1.69 bits per heavy atom. The number of carboxylic acid groups (broad SMARTS) is 2. The highest BCUT2D eigenvalue weighted by Gasteiger charge is 2.18. The number of hydrogen-bond acceptors (Lipinski definition) is 2. The summed E-state index contributed by atoms with van der Waals surface area (Å²) in [5, 5.41) is 17.2. The topological polar surface area (TPSA) is 74.6 Å². The first-order valence-electron chi connectivity index (χ1n) is 4.20. The summed E-state index contributed by atoms with van der Waals surface area (Å²) in [5.41, 5.74) is -0.0162. The molecule has 0 rings (SSSR count). The van der Waals surface area contributed by atoms with Crippen LogP contribution in [-0.4, -0.2) is 22.2 Å². The zero-order valence-corrected chi connectivity index (χ0v) is 7.78. The standard InChI is InChI=1S/C9H14O4/c1-3-6(4-2)7(9(12)13)5-8(10)11/h5-6H,3-4H2,1-2H3,(H,10,11)(H,12,13). The largest absolute Gasteiger partial charge is 0.478 e. The first-order chi connectivity index (χ1) is 6.02. The normalized spacial score (nSPS) is 11.8. The van der Waals surface area contributed by atoms with Crippen LogP contribution < -0.4 is 0 Å². The predicted octanol–water partition coefficient (Wildman–Crippen LogP) is 1.52. The predicted molar refractivity (Wildman–Crippen MR) is 47.4 cm³/mol. The molecule has 0 unspecified atom stereocenters. The number of rotatable bonds is 5. The summed E-state index contributed by atoms with van der Waals surface area (Å²) < 4.78 is 0. The summed E-state index contributed by atoms with van der Waals surface area (Å²) in [7, 11) is 0. The van der Waals surface area contributed by atoms with Crippen molar-refractivity contribution >= 4 is 11.9 Å². The lowest BCUT2D eigenvalue weighted by Gasteiger charge is -2.11. The van der Waals surface area contributed by atoms with Gasteiger partial charge in [-0.3, -0.25) is 0 Å². The van der Waals surface area contributed by atoms with Crippen LogP contribution in [0.2, 0.25) is 0 Å². The number of aliphatic carboxylic acids is 2. The van der Waals surface area contributed by atoms with Gasteiger partial charge < -0.3 is 10.2 Å². The molecule has 0 bridgehead atoms. The highest BCUT2D eigenvalue weighted by atomic mass is 16.4. The molecule has 13 heavy (non-hydrogen) atoms. The monoisotopic (exact) mass is 186 g/mol. The smallest absolute Gasteiger partial charge is 0.332 e. The van der Waals surface area contributed by atoms with Crippen LogP contribution in [-0.2, 0) is 9.59 Å². The van der Waals surface area contributed by atoms with Gasteiger partial charge in [0, 0.05) is 11.6 Å². The van der Waals surface area contributed by atoms with E-state index in [0.29, 0.717) is 12.8 Å². The van der Waals surface area contributed by atoms with Crippen molar-refractivity contribution < 1.29 is 19.8 Å². The van der Waals surface area contributed by atoms with Crippen molar-refractivity contribution in [1.82, 2.24) is 0 Å². The molecule has 0 aliphatic rings. The maximum Gasteiger partial charge on any atom is 0.332 e. The first kappa shape index (κ1) is 11.7. The lowest BCUT2D eigenvalue weighted by atomic mass is 9.93. The molecule has 0 aliphatic carbocycles. The summed E-state index contributed by atoms with van der Waals surface area (Å²) >= 11 is 0. The van der Waals surface area contributed by atoms with Gasteiger partial charge in [-0.15, -0.1) is 0 Å². The molecule has 0 saturated heterocycles. The van der Waals surface area contributed by atoms with E-state index in [4.69, 9.17) is 10.2 Å². The van der Waals surface area contributed by atoms with Gasteiger partial charge in [-0.1, -0.05) is 13.8 Å². The van der Waals surface area contributed by atoms with Gasteiger partial charge in [-0.05, 0) is 18.8 Å². The third kappa shape index (κ3) is 3.73. The van der Waals surface area contributed by atoms with Gasteiger partial charge >= 0.3 is 11.9 Å². The fraction of sp³-hybridized carbons (Fsp3) is 0.556. The van der Waals surface area contributed by atoms with E-state index in [0.717, 1.165) is 6.08 Å². The summed E-state index contributed by atoms with van der Waals surface area (Å²) in [4.78, 5) is 21.0. The van der Waals surface area contributed by atoms with Crippen molar-refractivity contribution in [3.63, 3.8) is 0 Å². The molecular weight excluding hydrogens is 172 g/mol. The number of carbonyl (C=O) groups is 2. The van der Waals surface area contributed by atoms with Gasteiger partial charge in [0.05, 0.1) is 0 Å². The molecular formula is C9H14O4. The van der Waals surface area contributed by atoms with Crippen LogP contribution in [0.15, 0.2) is 11.6 Å². The van der Waals surface area contributed by atoms with E-state index >= 15 is 0 Å². The van der Waals surface area contributed by atoms with Crippen molar-refractivity contribution in [3.8, 4) is 0 Å². The van der Waals surface area contributed by atoms with Crippen molar-refractivity contribution in [2.75, 3.05) is 0 Å². The van der Waals surface area contributed by atoms with Crippen LogP contribution in [0.4, 0.5) is 0 Å². The van der Waals surface area contributed by atoms with Crippen LogP contribution in [0.1, 0.15) is 26.7 Å². The second-order valence-corrected chi connectivity index (χ2v) is 2.76. The van der Waals surface area contributed by atoms with Gasteiger partial charge in [0.15, 0.2) is 0 Å². The summed E-state index contributed by atoms with van der Waals surface area (Å²) in [6.07, 6.45) is 2.06. The van der Waals surface area contributed by atoms with Crippen molar-refractivity contribution in [3.05, 3.63) is 11.6 Å². The molecule has 74 valence electrons. The van der Waals surface area contributed by atoms with E-state index in [1.165, 1.54) is 0 Å². The minimum Gasteiger partial charge on any atom is -0.478 e. The van der Waals surface area contributed by atoms with Crippen LogP contribution in [0, 0.1) is 5.92 Å². The number of carboxylic acids is 2. The summed E-state index contributed by atoms with van der Waals surface area (Å²) in [6, 6.07) is 0. The highest BCUT2D eigenvalue weighted by molar-refractivity contribution is 5.95. The molecule has 4 heteroatoms. The molecule has 0 fully saturated rings. The Morgan fingerprint density at radius 1 is 1.23 bits per heavy atom. The first-order valence-corrected chi connectivity index (χ1v) is 4.20. The lowest BCUT2D eigenvalue weighted by molar-refractivity contribution is -0.135. The van der Waals surface area contributed by atoms with E-state index in [2.05, 4.69) is 0 Å². The highest BCUT2D eigenvalue weighted by Crippen LogP contribution is 2.18. The van der Waals surface area contributed by atoms with Crippen LogP contribution in [0.3, 0.4) is 0 Å². The Hall–Kier alpha value is -1.32. The van der Waals surface area contributed by atoms with Crippen molar-refractivity contribution in [1.29, 1.82) is 0 Å². The van der Waals surface area contributed by atoms with Crippen molar-refractivity contribution in [2.24, 2.45) is 5.92 Å².